The fourth-order valence-electron chi connectivity index (χ4n) is 4.34. The second kappa shape index (κ2) is 7.97. The average molecular weight is 370 g/mol. The zero-order chi connectivity index (χ0) is 19.6. The third-order valence-electron chi connectivity index (χ3n) is 5.74. The Morgan fingerprint density at radius 3 is 2.63 bits per heavy atom. The Bertz CT molecular complexity index is 767. The van der Waals surface area contributed by atoms with Gasteiger partial charge in [0.1, 0.15) is 12.2 Å². The molecule has 1 aliphatic heterocycles. The number of rotatable bonds is 6. The number of allylic oxidation sites excluding steroid dienone is 3. The molecule has 0 aromatic heterocycles. The molecule has 0 spiro atoms. The van der Waals surface area contributed by atoms with E-state index in [1.54, 1.807) is 6.92 Å². The Morgan fingerprint density at radius 1 is 1.30 bits per heavy atom. The normalized spacial score (nSPS) is 25.2. The molecule has 2 aliphatic rings. The van der Waals surface area contributed by atoms with Gasteiger partial charge in [-0.1, -0.05) is 30.3 Å². The zero-order valence-electron chi connectivity index (χ0n) is 16.8. The van der Waals surface area contributed by atoms with E-state index in [1.807, 2.05) is 44.1 Å². The third kappa shape index (κ3) is 3.72. The number of carbonyl (C=O) groups excluding carboxylic acids is 1. The van der Waals surface area contributed by atoms with Crippen LogP contribution in [0.25, 0.3) is 0 Å². The fraction of sp³-hybridized carbons (Fsp3) is 0.500. The molecular formula is C22H30N2O3. The van der Waals surface area contributed by atoms with Gasteiger partial charge in [-0.15, -0.1) is 0 Å². The second-order valence-corrected chi connectivity index (χ2v) is 7.74. The van der Waals surface area contributed by atoms with Crippen molar-refractivity contribution in [3.05, 3.63) is 63.6 Å². The number of benzene rings is 1. The van der Waals surface area contributed by atoms with Crippen LogP contribution in [0.15, 0.2) is 52.9 Å². The van der Waals surface area contributed by atoms with E-state index in [0.29, 0.717) is 25.4 Å². The highest BCUT2D eigenvalue weighted by Crippen LogP contribution is 2.49. The summed E-state index contributed by atoms with van der Waals surface area (Å²) in [6, 6.07) is 10.4. The maximum atomic E-state index is 14.1. The molecule has 0 radical (unpaired) electrons. The first-order valence-electron chi connectivity index (χ1n) is 9.78. The Kier molecular flexibility index (Phi) is 5.84. The average Bonchev–Trinajstić information content (AvgIpc) is 2.88. The summed E-state index contributed by atoms with van der Waals surface area (Å²) in [6.45, 7) is 4.92. The summed E-state index contributed by atoms with van der Waals surface area (Å²) in [5.41, 5.74) is 4.34. The summed E-state index contributed by atoms with van der Waals surface area (Å²) >= 11 is 0. The summed E-state index contributed by atoms with van der Waals surface area (Å²) in [4.78, 5) is 14.7. The van der Waals surface area contributed by atoms with Crippen molar-refractivity contribution < 1.29 is 14.2 Å². The van der Waals surface area contributed by atoms with Crippen LogP contribution in [0.2, 0.25) is 0 Å². The molecule has 0 saturated carbocycles. The van der Waals surface area contributed by atoms with Crippen molar-refractivity contribution in [1.82, 2.24) is 4.90 Å². The molecule has 1 heterocycles. The number of esters is 1. The Hall–Kier alpha value is -1.95. The first-order valence-corrected chi connectivity index (χ1v) is 9.78. The molecular weight excluding hydrogens is 340 g/mol. The molecule has 1 aliphatic carbocycles. The van der Waals surface area contributed by atoms with Gasteiger partial charge >= 0.3 is 5.97 Å². The lowest BCUT2D eigenvalue weighted by Crippen LogP contribution is -2.46. The van der Waals surface area contributed by atoms with Gasteiger partial charge in [0, 0.05) is 24.1 Å². The number of hydroxylamine groups is 3. The molecule has 3 rings (SSSR count). The van der Waals surface area contributed by atoms with Crippen molar-refractivity contribution in [3.63, 3.8) is 0 Å². The third-order valence-corrected chi connectivity index (χ3v) is 5.74. The lowest BCUT2D eigenvalue weighted by molar-refractivity contribution is -0.798. The number of nitrogens with zero attached hydrogens (tertiary/aromatic N) is 2. The molecule has 0 saturated heterocycles. The lowest BCUT2D eigenvalue weighted by atomic mass is 9.81. The standard InChI is InChI=1S/C22H30N2O3/c1-5-27-22(25)21-16(2)19-12-11-18(17-9-7-6-8-10-17)15-20(19)24(21,26)14-13-23(3)4/h6-10,18H,5,11-15H2,1-4H3. The highest BCUT2D eigenvalue weighted by Gasteiger charge is 2.46. The molecule has 1 aromatic carbocycles. The highest BCUT2D eigenvalue weighted by molar-refractivity contribution is 5.89. The van der Waals surface area contributed by atoms with E-state index >= 15 is 0 Å². The van der Waals surface area contributed by atoms with Crippen LogP contribution < -0.4 is 0 Å². The molecule has 0 N–H and O–H groups in total. The molecule has 5 nitrogen and oxygen atoms in total. The summed E-state index contributed by atoms with van der Waals surface area (Å²) in [6.07, 6.45) is 2.55. The monoisotopic (exact) mass is 370 g/mol. The van der Waals surface area contributed by atoms with E-state index in [2.05, 4.69) is 12.1 Å². The van der Waals surface area contributed by atoms with Crippen LogP contribution in [0.3, 0.4) is 0 Å². The Morgan fingerprint density at radius 2 is 2.00 bits per heavy atom. The van der Waals surface area contributed by atoms with Crippen LogP contribution in [-0.2, 0) is 9.53 Å². The number of hydrogen-bond donors (Lipinski definition) is 0. The van der Waals surface area contributed by atoms with E-state index in [1.165, 1.54) is 5.56 Å². The van der Waals surface area contributed by atoms with Crippen molar-refractivity contribution in [2.24, 2.45) is 0 Å². The van der Waals surface area contributed by atoms with E-state index < -0.39 is 10.6 Å². The Balaban J connectivity index is 1.97. The van der Waals surface area contributed by atoms with Gasteiger partial charge in [-0.3, -0.25) is 4.65 Å². The molecule has 1 aromatic rings. The summed E-state index contributed by atoms with van der Waals surface area (Å²) in [5, 5.41) is 14.1. The lowest BCUT2D eigenvalue weighted by Gasteiger charge is -2.43. The number of carbonyl (C=O) groups is 1. The van der Waals surface area contributed by atoms with Crippen LogP contribution in [-0.4, -0.2) is 49.3 Å². The SMILES string of the molecule is CCOC(=O)C1=C(C)C2=C(CC(c3ccccc3)CC2)[N+]1([O-])CCN(C)C. The maximum absolute atomic E-state index is 14.1. The van der Waals surface area contributed by atoms with Crippen molar-refractivity contribution in [3.8, 4) is 0 Å². The quantitative estimate of drug-likeness (QED) is 0.432. The fourth-order valence-corrected chi connectivity index (χ4v) is 4.34. The predicted octanol–water partition coefficient (Wildman–Crippen LogP) is 3.94. The van der Waals surface area contributed by atoms with Crippen LogP contribution in [0.5, 0.6) is 0 Å². The van der Waals surface area contributed by atoms with Crippen molar-refractivity contribution >= 4 is 5.97 Å². The molecule has 5 heteroatoms. The van der Waals surface area contributed by atoms with Gasteiger partial charge in [-0.05, 0) is 52.3 Å². The topological polar surface area (TPSA) is 52.6 Å². The minimum Gasteiger partial charge on any atom is -0.622 e. The van der Waals surface area contributed by atoms with Gasteiger partial charge in [0.05, 0.1) is 6.61 Å². The summed E-state index contributed by atoms with van der Waals surface area (Å²) < 4.78 is 4.61. The molecule has 0 fully saturated rings. The van der Waals surface area contributed by atoms with Crippen LogP contribution in [0, 0.1) is 5.21 Å². The van der Waals surface area contributed by atoms with Gasteiger partial charge in [0.2, 0.25) is 5.70 Å². The largest absolute Gasteiger partial charge is 0.622 e. The molecule has 146 valence electrons. The van der Waals surface area contributed by atoms with Crippen molar-refractivity contribution in [1.29, 1.82) is 0 Å². The van der Waals surface area contributed by atoms with E-state index in [-0.39, 0.29) is 12.3 Å². The smallest absolute Gasteiger partial charge is 0.393 e. The molecule has 2 atom stereocenters. The Labute approximate surface area is 162 Å². The predicted molar refractivity (Wildman–Crippen MR) is 106 cm³/mol. The minimum absolute atomic E-state index is 0.278. The summed E-state index contributed by atoms with van der Waals surface area (Å²) in [5.74, 6) is -0.139. The zero-order valence-corrected chi connectivity index (χ0v) is 16.8. The number of likely N-dealkylation sites (N-methyl/N-ethyl adjacent to an activating group) is 1. The van der Waals surface area contributed by atoms with Gasteiger partial charge in [0.25, 0.3) is 0 Å². The number of quaternary nitrogens is 1. The van der Waals surface area contributed by atoms with E-state index in [9.17, 15) is 10.0 Å². The highest BCUT2D eigenvalue weighted by atomic mass is 16.6. The van der Waals surface area contributed by atoms with Gasteiger partial charge in [-0.2, -0.15) is 0 Å². The minimum atomic E-state index is -0.651. The first kappa shape index (κ1) is 19.8. The van der Waals surface area contributed by atoms with Crippen LogP contribution in [0.4, 0.5) is 0 Å². The van der Waals surface area contributed by atoms with Gasteiger partial charge in [0.15, 0.2) is 0 Å². The van der Waals surface area contributed by atoms with E-state index in [0.717, 1.165) is 29.7 Å². The van der Waals surface area contributed by atoms with Crippen molar-refractivity contribution in [2.75, 3.05) is 33.8 Å². The molecule has 2 unspecified atom stereocenters. The molecule has 0 amide bonds. The van der Waals surface area contributed by atoms with Gasteiger partial charge < -0.3 is 14.8 Å². The number of hydrogen-bond acceptors (Lipinski definition) is 4. The molecule has 0 bridgehead atoms. The maximum Gasteiger partial charge on any atom is 0.393 e. The van der Waals surface area contributed by atoms with Gasteiger partial charge in [-0.25, -0.2) is 4.79 Å². The first-order chi connectivity index (χ1) is 12.9. The molecule has 27 heavy (non-hydrogen) atoms. The van der Waals surface area contributed by atoms with E-state index in [4.69, 9.17) is 4.74 Å². The summed E-state index contributed by atoms with van der Waals surface area (Å²) in [7, 11) is 3.90. The van der Waals surface area contributed by atoms with Crippen LogP contribution >= 0.6 is 0 Å². The van der Waals surface area contributed by atoms with Crippen LogP contribution in [0.1, 0.15) is 44.6 Å². The second-order valence-electron chi connectivity index (χ2n) is 7.74. The van der Waals surface area contributed by atoms with Crippen molar-refractivity contribution in [2.45, 2.75) is 39.0 Å². The number of ether oxygens (including phenoxy) is 1.